The molecule has 0 aliphatic carbocycles. The van der Waals surface area contributed by atoms with E-state index in [4.69, 9.17) is 0 Å². The molecular weight excluding hydrogens is 295 g/mol. The van der Waals surface area contributed by atoms with Crippen LogP contribution in [-0.4, -0.2) is 11.8 Å². The van der Waals surface area contributed by atoms with Gasteiger partial charge in [-0.3, -0.25) is 9.59 Å². The molecule has 0 aromatic heterocycles. The highest BCUT2D eigenvalue weighted by Crippen LogP contribution is 2.05. The molecule has 0 aliphatic rings. The molecule has 4 nitrogen and oxygen atoms in total. The first-order valence-electron chi connectivity index (χ1n) is 7.46. The van der Waals surface area contributed by atoms with Crippen LogP contribution >= 0.6 is 0 Å². The molecule has 0 radical (unpaired) electrons. The van der Waals surface area contributed by atoms with Crippen molar-refractivity contribution in [1.29, 1.82) is 0 Å². The van der Waals surface area contributed by atoms with Gasteiger partial charge in [0.2, 0.25) is 0 Å². The second kappa shape index (κ2) is 8.08. The number of benzene rings is 2. The van der Waals surface area contributed by atoms with E-state index in [1.807, 2.05) is 24.3 Å². The highest BCUT2D eigenvalue weighted by atomic mass is 19.1. The van der Waals surface area contributed by atoms with E-state index in [-0.39, 0.29) is 12.4 Å². The number of amides is 2. The van der Waals surface area contributed by atoms with Crippen molar-refractivity contribution in [2.75, 3.05) is 0 Å². The van der Waals surface area contributed by atoms with E-state index >= 15 is 0 Å². The van der Waals surface area contributed by atoms with Gasteiger partial charge >= 0.3 is 11.8 Å². The number of aryl methyl sites for hydroxylation is 1. The van der Waals surface area contributed by atoms with Crippen LogP contribution in [0.4, 0.5) is 4.39 Å². The number of hydrogen-bond donors (Lipinski definition) is 2. The lowest BCUT2D eigenvalue weighted by Crippen LogP contribution is -2.39. The molecule has 23 heavy (non-hydrogen) atoms. The standard InChI is InChI=1S/C18H19FN2O2/c1-2-13-3-5-14(6-4-13)11-20-17(22)18(23)21-12-15-7-9-16(19)10-8-15/h3-10H,2,11-12H2,1H3,(H,20,22)(H,21,23). The van der Waals surface area contributed by atoms with E-state index < -0.39 is 11.8 Å². The van der Waals surface area contributed by atoms with Crippen LogP contribution in [-0.2, 0) is 29.1 Å². The lowest BCUT2D eigenvalue weighted by molar-refractivity contribution is -0.139. The zero-order valence-electron chi connectivity index (χ0n) is 12.9. The fourth-order valence-corrected chi connectivity index (χ4v) is 2.02. The zero-order chi connectivity index (χ0) is 16.7. The Kier molecular flexibility index (Phi) is 5.86. The maximum Gasteiger partial charge on any atom is 0.309 e. The molecular formula is C18H19FN2O2. The van der Waals surface area contributed by atoms with E-state index in [1.54, 1.807) is 12.1 Å². The van der Waals surface area contributed by atoms with E-state index in [0.29, 0.717) is 6.54 Å². The molecule has 0 fully saturated rings. The average molecular weight is 314 g/mol. The Morgan fingerprint density at radius 3 is 1.61 bits per heavy atom. The molecule has 120 valence electrons. The van der Waals surface area contributed by atoms with Crippen molar-refractivity contribution in [2.24, 2.45) is 0 Å². The van der Waals surface area contributed by atoms with Crippen LogP contribution in [0.25, 0.3) is 0 Å². The summed E-state index contributed by atoms with van der Waals surface area (Å²) in [5, 5.41) is 5.07. The predicted molar refractivity (Wildman–Crippen MR) is 85.9 cm³/mol. The molecule has 2 aromatic rings. The fraction of sp³-hybridized carbons (Fsp3) is 0.222. The Balaban J connectivity index is 1.77. The Morgan fingerprint density at radius 2 is 1.17 bits per heavy atom. The Labute approximate surface area is 134 Å². The molecule has 0 unspecified atom stereocenters. The molecule has 0 spiro atoms. The van der Waals surface area contributed by atoms with Gasteiger partial charge in [-0.2, -0.15) is 0 Å². The normalized spacial score (nSPS) is 10.2. The lowest BCUT2D eigenvalue weighted by Gasteiger charge is -2.07. The van der Waals surface area contributed by atoms with E-state index in [9.17, 15) is 14.0 Å². The summed E-state index contributed by atoms with van der Waals surface area (Å²) in [5.74, 6) is -1.74. The zero-order valence-corrected chi connectivity index (χ0v) is 12.9. The number of hydrogen-bond acceptors (Lipinski definition) is 2. The second-order valence-electron chi connectivity index (χ2n) is 5.16. The van der Waals surface area contributed by atoms with Gasteiger partial charge in [-0.15, -0.1) is 0 Å². The minimum atomic E-state index is -0.709. The maximum atomic E-state index is 12.8. The summed E-state index contributed by atoms with van der Waals surface area (Å²) in [7, 11) is 0. The molecule has 2 rings (SSSR count). The lowest BCUT2D eigenvalue weighted by atomic mass is 10.1. The van der Waals surface area contributed by atoms with Gasteiger partial charge in [0, 0.05) is 13.1 Å². The van der Waals surface area contributed by atoms with E-state index in [0.717, 1.165) is 17.5 Å². The molecule has 2 amide bonds. The van der Waals surface area contributed by atoms with E-state index in [1.165, 1.54) is 17.7 Å². The van der Waals surface area contributed by atoms with Gasteiger partial charge in [0.15, 0.2) is 0 Å². The first-order valence-corrected chi connectivity index (χ1v) is 7.46. The average Bonchev–Trinajstić information content (AvgIpc) is 2.59. The number of halogens is 1. The van der Waals surface area contributed by atoms with Gasteiger partial charge in [-0.1, -0.05) is 43.3 Å². The first kappa shape index (κ1) is 16.7. The molecule has 5 heteroatoms. The first-order chi connectivity index (χ1) is 11.1. The van der Waals surface area contributed by atoms with Crippen LogP contribution in [0.1, 0.15) is 23.6 Å². The van der Waals surface area contributed by atoms with Crippen molar-refractivity contribution in [3.63, 3.8) is 0 Å². The summed E-state index contributed by atoms with van der Waals surface area (Å²) >= 11 is 0. The van der Waals surface area contributed by atoms with Crippen molar-refractivity contribution in [1.82, 2.24) is 10.6 Å². The molecule has 2 aromatic carbocycles. The van der Waals surface area contributed by atoms with Crippen molar-refractivity contribution < 1.29 is 14.0 Å². The second-order valence-corrected chi connectivity index (χ2v) is 5.16. The monoisotopic (exact) mass is 314 g/mol. The molecule has 0 bridgehead atoms. The number of nitrogens with one attached hydrogen (secondary N) is 2. The Bertz CT molecular complexity index is 666. The molecule has 2 N–H and O–H groups in total. The van der Waals surface area contributed by atoms with Crippen molar-refractivity contribution in [3.8, 4) is 0 Å². The highest BCUT2D eigenvalue weighted by Gasteiger charge is 2.12. The smallest absolute Gasteiger partial charge is 0.309 e. The fourth-order valence-electron chi connectivity index (χ4n) is 2.02. The van der Waals surface area contributed by atoms with Crippen LogP contribution < -0.4 is 10.6 Å². The number of carbonyl (C=O) groups excluding carboxylic acids is 2. The van der Waals surface area contributed by atoms with Crippen LogP contribution in [0.2, 0.25) is 0 Å². The number of carbonyl (C=O) groups is 2. The van der Waals surface area contributed by atoms with Gasteiger partial charge in [-0.25, -0.2) is 4.39 Å². The molecule has 0 aliphatic heterocycles. The Morgan fingerprint density at radius 1 is 0.783 bits per heavy atom. The summed E-state index contributed by atoms with van der Waals surface area (Å²) < 4.78 is 12.8. The van der Waals surface area contributed by atoms with Gasteiger partial charge in [0.25, 0.3) is 0 Å². The third-order valence-corrected chi connectivity index (χ3v) is 3.46. The van der Waals surface area contributed by atoms with Gasteiger partial charge in [0.1, 0.15) is 5.82 Å². The number of rotatable bonds is 5. The summed E-state index contributed by atoms with van der Waals surface area (Å²) in [6.45, 7) is 2.55. The van der Waals surface area contributed by atoms with Gasteiger partial charge in [-0.05, 0) is 35.2 Å². The Hall–Kier alpha value is -2.69. The SMILES string of the molecule is CCc1ccc(CNC(=O)C(=O)NCc2ccc(F)cc2)cc1. The van der Waals surface area contributed by atoms with Crippen molar-refractivity contribution >= 4 is 11.8 Å². The van der Waals surface area contributed by atoms with Crippen LogP contribution in [0.3, 0.4) is 0 Å². The van der Waals surface area contributed by atoms with Gasteiger partial charge in [0.05, 0.1) is 0 Å². The van der Waals surface area contributed by atoms with Crippen LogP contribution in [0.15, 0.2) is 48.5 Å². The molecule has 0 saturated carbocycles. The predicted octanol–water partition coefficient (Wildman–Crippen LogP) is 2.32. The van der Waals surface area contributed by atoms with Crippen molar-refractivity contribution in [3.05, 3.63) is 71.0 Å². The summed E-state index contributed by atoms with van der Waals surface area (Å²) in [4.78, 5) is 23.4. The topological polar surface area (TPSA) is 58.2 Å². The molecule has 0 heterocycles. The van der Waals surface area contributed by atoms with E-state index in [2.05, 4.69) is 17.6 Å². The summed E-state index contributed by atoms with van der Waals surface area (Å²) in [5.41, 5.74) is 2.88. The van der Waals surface area contributed by atoms with Crippen LogP contribution in [0, 0.1) is 5.82 Å². The highest BCUT2D eigenvalue weighted by molar-refractivity contribution is 6.35. The molecule has 0 atom stereocenters. The quantitative estimate of drug-likeness (QED) is 0.832. The largest absolute Gasteiger partial charge is 0.344 e. The third-order valence-electron chi connectivity index (χ3n) is 3.46. The minimum absolute atomic E-state index is 0.178. The minimum Gasteiger partial charge on any atom is -0.344 e. The van der Waals surface area contributed by atoms with Gasteiger partial charge < -0.3 is 10.6 Å². The maximum absolute atomic E-state index is 12.8. The van der Waals surface area contributed by atoms with Crippen molar-refractivity contribution in [2.45, 2.75) is 26.4 Å². The molecule has 0 saturated heterocycles. The third kappa shape index (κ3) is 5.21. The van der Waals surface area contributed by atoms with Crippen LogP contribution in [0.5, 0.6) is 0 Å². The summed E-state index contributed by atoms with van der Waals surface area (Å²) in [6.07, 6.45) is 0.957. The summed E-state index contributed by atoms with van der Waals surface area (Å²) in [6, 6.07) is 13.6.